The summed E-state index contributed by atoms with van der Waals surface area (Å²) in [5, 5.41) is 20.5. The Hall–Kier alpha value is -1.50. The van der Waals surface area contributed by atoms with Crippen molar-refractivity contribution in [1.29, 1.82) is 0 Å². The van der Waals surface area contributed by atoms with Crippen LogP contribution >= 0.6 is 0 Å². The number of tetrazole rings is 1. The fourth-order valence-electron chi connectivity index (χ4n) is 2.10. The van der Waals surface area contributed by atoms with E-state index in [1.807, 2.05) is 0 Å². The summed E-state index contributed by atoms with van der Waals surface area (Å²) in [7, 11) is 1.72. The van der Waals surface area contributed by atoms with Crippen LogP contribution in [0.4, 0.5) is 0 Å². The first-order valence-corrected chi connectivity index (χ1v) is 5.34. The zero-order valence-corrected chi connectivity index (χ0v) is 9.20. The maximum Gasteiger partial charge on any atom is 0.304 e. The Morgan fingerprint density at radius 2 is 2.44 bits per heavy atom. The van der Waals surface area contributed by atoms with Crippen molar-refractivity contribution in [3.05, 3.63) is 5.82 Å². The molecule has 1 atom stereocenters. The van der Waals surface area contributed by atoms with Crippen LogP contribution in [-0.2, 0) is 18.4 Å². The molecule has 2 heterocycles. The summed E-state index contributed by atoms with van der Waals surface area (Å²) < 4.78 is 0. The molecule has 0 radical (unpaired) electrons. The van der Waals surface area contributed by atoms with Gasteiger partial charge in [-0.1, -0.05) is 0 Å². The largest absolute Gasteiger partial charge is 0.481 e. The Morgan fingerprint density at radius 3 is 3.06 bits per heavy atom. The van der Waals surface area contributed by atoms with Gasteiger partial charge in [-0.15, -0.1) is 10.2 Å². The van der Waals surface area contributed by atoms with Gasteiger partial charge in [0.2, 0.25) is 0 Å². The SMILES string of the molecule is Cn1nnc(CN2CCCC2CC(=O)O)n1. The van der Waals surface area contributed by atoms with Crippen molar-refractivity contribution in [1.82, 2.24) is 25.1 Å². The first-order valence-electron chi connectivity index (χ1n) is 5.34. The molecule has 1 aromatic rings. The van der Waals surface area contributed by atoms with Crippen molar-refractivity contribution in [3.8, 4) is 0 Å². The van der Waals surface area contributed by atoms with Crippen LogP contribution in [0.2, 0.25) is 0 Å². The van der Waals surface area contributed by atoms with E-state index in [0.717, 1.165) is 19.4 Å². The average molecular weight is 225 g/mol. The summed E-state index contributed by atoms with van der Waals surface area (Å²) in [5.41, 5.74) is 0. The summed E-state index contributed by atoms with van der Waals surface area (Å²) in [6.07, 6.45) is 2.17. The number of aryl methyl sites for hydroxylation is 1. The number of likely N-dealkylation sites (tertiary alicyclic amines) is 1. The van der Waals surface area contributed by atoms with Crippen LogP contribution < -0.4 is 0 Å². The molecular weight excluding hydrogens is 210 g/mol. The van der Waals surface area contributed by atoms with Gasteiger partial charge in [-0.05, 0) is 24.6 Å². The van der Waals surface area contributed by atoms with E-state index >= 15 is 0 Å². The van der Waals surface area contributed by atoms with Gasteiger partial charge in [0.1, 0.15) is 0 Å². The van der Waals surface area contributed by atoms with Gasteiger partial charge >= 0.3 is 5.97 Å². The Bertz CT molecular complexity index is 378. The number of carboxylic acids is 1. The third-order valence-corrected chi connectivity index (χ3v) is 2.80. The summed E-state index contributed by atoms with van der Waals surface area (Å²) in [6, 6.07) is 0.112. The lowest BCUT2D eigenvalue weighted by atomic mass is 10.1. The van der Waals surface area contributed by atoms with Gasteiger partial charge in [-0.3, -0.25) is 9.69 Å². The number of nitrogens with zero attached hydrogens (tertiary/aromatic N) is 5. The van der Waals surface area contributed by atoms with Crippen LogP contribution in [0.1, 0.15) is 25.1 Å². The Morgan fingerprint density at radius 1 is 1.62 bits per heavy atom. The van der Waals surface area contributed by atoms with Crippen molar-refractivity contribution < 1.29 is 9.90 Å². The second-order valence-electron chi connectivity index (χ2n) is 4.06. The maximum atomic E-state index is 10.7. The number of carboxylic acid groups (broad SMARTS) is 1. The third kappa shape index (κ3) is 2.54. The van der Waals surface area contributed by atoms with Crippen LogP contribution in [-0.4, -0.2) is 48.8 Å². The molecule has 0 aliphatic carbocycles. The predicted molar refractivity (Wildman–Crippen MR) is 54.5 cm³/mol. The molecule has 1 aromatic heterocycles. The number of hydrogen-bond donors (Lipinski definition) is 1. The lowest BCUT2D eigenvalue weighted by Crippen LogP contribution is -2.31. The minimum absolute atomic E-state index is 0.112. The molecule has 1 aliphatic heterocycles. The van der Waals surface area contributed by atoms with E-state index in [2.05, 4.69) is 20.3 Å². The smallest absolute Gasteiger partial charge is 0.304 e. The van der Waals surface area contributed by atoms with E-state index in [0.29, 0.717) is 12.4 Å². The fourth-order valence-corrected chi connectivity index (χ4v) is 2.10. The highest BCUT2D eigenvalue weighted by atomic mass is 16.4. The zero-order valence-electron chi connectivity index (χ0n) is 9.20. The molecule has 88 valence electrons. The van der Waals surface area contributed by atoms with Crippen molar-refractivity contribution in [3.63, 3.8) is 0 Å². The third-order valence-electron chi connectivity index (χ3n) is 2.80. The molecule has 1 saturated heterocycles. The second kappa shape index (κ2) is 4.56. The van der Waals surface area contributed by atoms with Crippen molar-refractivity contribution in [2.45, 2.75) is 31.8 Å². The van der Waals surface area contributed by atoms with E-state index in [4.69, 9.17) is 5.11 Å². The molecule has 7 nitrogen and oxygen atoms in total. The molecule has 1 unspecified atom stereocenters. The van der Waals surface area contributed by atoms with Gasteiger partial charge in [-0.2, -0.15) is 4.80 Å². The Kier molecular flexibility index (Phi) is 3.14. The molecule has 2 rings (SSSR count). The molecule has 1 aliphatic rings. The standard InChI is InChI=1S/C9H15N5O2/c1-13-11-8(10-12-13)6-14-4-2-3-7(14)5-9(15)16/h7H,2-6H2,1H3,(H,15,16). The normalized spacial score (nSPS) is 21.4. The van der Waals surface area contributed by atoms with Crippen LogP contribution in [0, 0.1) is 0 Å². The number of rotatable bonds is 4. The van der Waals surface area contributed by atoms with Gasteiger partial charge in [0.15, 0.2) is 5.82 Å². The number of carbonyl (C=O) groups is 1. The van der Waals surface area contributed by atoms with Gasteiger partial charge in [0.25, 0.3) is 0 Å². The Labute approximate surface area is 93.0 Å². The molecule has 0 amide bonds. The van der Waals surface area contributed by atoms with Crippen molar-refractivity contribution in [2.24, 2.45) is 7.05 Å². The molecule has 7 heteroatoms. The first-order chi connectivity index (χ1) is 7.65. The average Bonchev–Trinajstić information content (AvgIpc) is 2.77. The van der Waals surface area contributed by atoms with Gasteiger partial charge < -0.3 is 5.11 Å². The minimum Gasteiger partial charge on any atom is -0.481 e. The molecule has 0 saturated carbocycles. The van der Waals surface area contributed by atoms with Gasteiger partial charge in [0, 0.05) is 6.04 Å². The highest BCUT2D eigenvalue weighted by Gasteiger charge is 2.27. The van der Waals surface area contributed by atoms with E-state index in [1.165, 1.54) is 4.80 Å². The van der Waals surface area contributed by atoms with Crippen LogP contribution in [0.5, 0.6) is 0 Å². The fraction of sp³-hybridized carbons (Fsp3) is 0.778. The summed E-state index contributed by atoms with van der Waals surface area (Å²) in [6.45, 7) is 1.50. The van der Waals surface area contributed by atoms with Crippen LogP contribution in [0.25, 0.3) is 0 Å². The monoisotopic (exact) mass is 225 g/mol. The molecule has 1 N–H and O–H groups in total. The highest BCUT2D eigenvalue weighted by Crippen LogP contribution is 2.21. The maximum absolute atomic E-state index is 10.7. The van der Waals surface area contributed by atoms with Gasteiger partial charge in [0.05, 0.1) is 20.0 Å². The van der Waals surface area contributed by atoms with E-state index < -0.39 is 5.97 Å². The predicted octanol–water partition coefficient (Wildman–Crippen LogP) is -0.351. The molecular formula is C9H15N5O2. The molecule has 0 aromatic carbocycles. The molecule has 0 spiro atoms. The van der Waals surface area contributed by atoms with E-state index in [9.17, 15) is 4.79 Å². The summed E-state index contributed by atoms with van der Waals surface area (Å²) >= 11 is 0. The zero-order chi connectivity index (χ0) is 11.5. The molecule has 16 heavy (non-hydrogen) atoms. The van der Waals surface area contributed by atoms with Gasteiger partial charge in [-0.25, -0.2) is 0 Å². The second-order valence-corrected chi connectivity index (χ2v) is 4.06. The first kappa shape index (κ1) is 11.0. The molecule has 1 fully saturated rings. The number of aromatic nitrogens is 4. The summed E-state index contributed by atoms with van der Waals surface area (Å²) in [4.78, 5) is 14.2. The minimum atomic E-state index is -0.746. The lowest BCUT2D eigenvalue weighted by molar-refractivity contribution is -0.138. The lowest BCUT2D eigenvalue weighted by Gasteiger charge is -2.20. The highest BCUT2D eigenvalue weighted by molar-refractivity contribution is 5.67. The van der Waals surface area contributed by atoms with Crippen LogP contribution in [0.15, 0.2) is 0 Å². The van der Waals surface area contributed by atoms with E-state index in [1.54, 1.807) is 7.05 Å². The van der Waals surface area contributed by atoms with Crippen molar-refractivity contribution in [2.75, 3.05) is 6.54 Å². The summed E-state index contributed by atoms with van der Waals surface area (Å²) in [5.74, 6) is -0.0937. The number of hydrogen-bond acceptors (Lipinski definition) is 5. The molecule has 0 bridgehead atoms. The quantitative estimate of drug-likeness (QED) is 0.754. The number of aliphatic carboxylic acids is 1. The van der Waals surface area contributed by atoms with Crippen molar-refractivity contribution >= 4 is 5.97 Å². The topological polar surface area (TPSA) is 84.1 Å². The Balaban J connectivity index is 1.95. The van der Waals surface area contributed by atoms with E-state index in [-0.39, 0.29) is 12.5 Å². The van der Waals surface area contributed by atoms with Crippen LogP contribution in [0.3, 0.4) is 0 Å².